The van der Waals surface area contributed by atoms with Crippen LogP contribution in [0.25, 0.3) is 0 Å². The number of benzene rings is 2. The van der Waals surface area contributed by atoms with Gasteiger partial charge in [0.05, 0.1) is 5.69 Å². The standard InChI is InChI=1S/C17H12Cl2N2O2S/c1-9-10(18)5-4-7-11(9)20-16(22)14(19)15-17(23)21-12-6-2-3-8-13(12)24-15/h2-8H,1H3,(H,20,22)(H,21,23). The number of hydrogen-bond acceptors (Lipinski definition) is 3. The molecule has 1 aliphatic heterocycles. The van der Waals surface area contributed by atoms with Crippen molar-refractivity contribution in [3.63, 3.8) is 0 Å². The molecular formula is C17H12Cl2N2O2S. The molecule has 0 unspecified atom stereocenters. The van der Waals surface area contributed by atoms with Crippen LogP contribution < -0.4 is 10.6 Å². The van der Waals surface area contributed by atoms with Crippen molar-refractivity contribution in [1.82, 2.24) is 0 Å². The Balaban J connectivity index is 1.88. The number of rotatable bonds is 2. The minimum Gasteiger partial charge on any atom is -0.321 e. The lowest BCUT2D eigenvalue weighted by Crippen LogP contribution is -2.22. The van der Waals surface area contributed by atoms with Crippen LogP contribution in [-0.4, -0.2) is 11.8 Å². The smallest absolute Gasteiger partial charge is 0.268 e. The zero-order valence-corrected chi connectivity index (χ0v) is 14.9. The summed E-state index contributed by atoms with van der Waals surface area (Å²) < 4.78 is 0. The predicted octanol–water partition coefficient (Wildman–Crippen LogP) is 4.78. The Labute approximate surface area is 153 Å². The van der Waals surface area contributed by atoms with Crippen molar-refractivity contribution in [2.75, 3.05) is 10.6 Å². The number of halogens is 2. The lowest BCUT2D eigenvalue weighted by atomic mass is 10.2. The first-order valence-electron chi connectivity index (χ1n) is 7.02. The predicted molar refractivity (Wildman–Crippen MR) is 98.6 cm³/mol. The van der Waals surface area contributed by atoms with Gasteiger partial charge in [-0.25, -0.2) is 0 Å². The summed E-state index contributed by atoms with van der Waals surface area (Å²) in [5.74, 6) is -0.958. The molecule has 0 atom stereocenters. The maximum atomic E-state index is 12.4. The van der Waals surface area contributed by atoms with Gasteiger partial charge in [0.2, 0.25) is 0 Å². The molecule has 2 aromatic carbocycles. The van der Waals surface area contributed by atoms with Crippen LogP contribution in [0.2, 0.25) is 5.02 Å². The van der Waals surface area contributed by atoms with Crippen molar-refractivity contribution in [2.45, 2.75) is 11.8 Å². The molecular weight excluding hydrogens is 367 g/mol. The van der Waals surface area contributed by atoms with Crippen LogP contribution in [0.5, 0.6) is 0 Å². The average Bonchev–Trinajstić information content (AvgIpc) is 2.57. The van der Waals surface area contributed by atoms with Crippen molar-refractivity contribution >= 4 is 58.2 Å². The molecule has 0 radical (unpaired) electrons. The third-order valence-corrected chi connectivity index (χ3v) is 5.52. The summed E-state index contributed by atoms with van der Waals surface area (Å²) in [6.45, 7) is 1.79. The third kappa shape index (κ3) is 3.29. The molecule has 24 heavy (non-hydrogen) atoms. The van der Waals surface area contributed by atoms with E-state index in [-0.39, 0.29) is 9.94 Å². The van der Waals surface area contributed by atoms with Crippen molar-refractivity contribution in [3.8, 4) is 0 Å². The average molecular weight is 379 g/mol. The Morgan fingerprint density at radius 3 is 2.71 bits per heavy atom. The van der Waals surface area contributed by atoms with E-state index < -0.39 is 11.8 Å². The Morgan fingerprint density at radius 2 is 1.92 bits per heavy atom. The van der Waals surface area contributed by atoms with Gasteiger partial charge >= 0.3 is 0 Å². The molecule has 0 bridgehead atoms. The molecule has 0 fully saturated rings. The second kappa shape index (κ2) is 6.89. The summed E-state index contributed by atoms with van der Waals surface area (Å²) in [6, 6.07) is 12.5. The zero-order chi connectivity index (χ0) is 17.3. The van der Waals surface area contributed by atoms with E-state index in [9.17, 15) is 9.59 Å². The highest BCUT2D eigenvalue weighted by Crippen LogP contribution is 2.40. The van der Waals surface area contributed by atoms with E-state index in [1.807, 2.05) is 18.2 Å². The van der Waals surface area contributed by atoms with Crippen molar-refractivity contribution in [3.05, 3.63) is 63.0 Å². The monoisotopic (exact) mass is 378 g/mol. The Hall–Kier alpha value is -1.95. The highest BCUT2D eigenvalue weighted by atomic mass is 35.5. The Bertz CT molecular complexity index is 881. The summed E-state index contributed by atoms with van der Waals surface area (Å²) in [4.78, 5) is 25.6. The second-order valence-electron chi connectivity index (χ2n) is 5.06. The minimum absolute atomic E-state index is 0.160. The highest BCUT2D eigenvalue weighted by molar-refractivity contribution is 8.04. The molecule has 0 aromatic heterocycles. The molecule has 2 aromatic rings. The Kier molecular flexibility index (Phi) is 4.85. The fourth-order valence-electron chi connectivity index (χ4n) is 2.16. The number of carbonyl (C=O) groups is 2. The van der Waals surface area contributed by atoms with Gasteiger partial charge in [-0.05, 0) is 36.8 Å². The number of carbonyl (C=O) groups excluding carboxylic acids is 2. The molecule has 2 N–H and O–H groups in total. The molecule has 0 saturated carbocycles. The largest absolute Gasteiger partial charge is 0.321 e. The maximum Gasteiger partial charge on any atom is 0.268 e. The van der Waals surface area contributed by atoms with Crippen LogP contribution in [0.1, 0.15) is 5.56 Å². The topological polar surface area (TPSA) is 58.2 Å². The van der Waals surface area contributed by atoms with Crippen LogP contribution in [0, 0.1) is 6.92 Å². The number of thioether (sulfide) groups is 1. The molecule has 122 valence electrons. The second-order valence-corrected chi connectivity index (χ2v) is 6.90. The van der Waals surface area contributed by atoms with Crippen molar-refractivity contribution < 1.29 is 9.59 Å². The summed E-state index contributed by atoms with van der Waals surface area (Å²) in [5.41, 5.74) is 1.98. The van der Waals surface area contributed by atoms with Gasteiger partial charge in [-0.15, -0.1) is 0 Å². The van der Waals surface area contributed by atoms with Gasteiger partial charge in [-0.1, -0.05) is 53.2 Å². The van der Waals surface area contributed by atoms with E-state index in [2.05, 4.69) is 10.6 Å². The molecule has 0 aliphatic carbocycles. The first-order chi connectivity index (χ1) is 11.5. The number of para-hydroxylation sites is 1. The highest BCUT2D eigenvalue weighted by Gasteiger charge is 2.26. The Morgan fingerprint density at radius 1 is 1.17 bits per heavy atom. The first kappa shape index (κ1) is 16.9. The molecule has 0 saturated heterocycles. The van der Waals surface area contributed by atoms with E-state index in [0.29, 0.717) is 16.4 Å². The summed E-state index contributed by atoms with van der Waals surface area (Å²) in [6.07, 6.45) is 0. The van der Waals surface area contributed by atoms with E-state index in [1.54, 1.807) is 31.2 Å². The number of hydrogen-bond donors (Lipinski definition) is 2. The van der Waals surface area contributed by atoms with Gasteiger partial charge in [-0.3, -0.25) is 9.59 Å². The fourth-order valence-corrected chi connectivity index (χ4v) is 3.51. The van der Waals surface area contributed by atoms with Crippen molar-refractivity contribution in [1.29, 1.82) is 0 Å². The summed E-state index contributed by atoms with van der Waals surface area (Å²) in [7, 11) is 0. The van der Waals surface area contributed by atoms with E-state index in [0.717, 1.165) is 10.5 Å². The zero-order valence-electron chi connectivity index (χ0n) is 12.5. The maximum absolute atomic E-state index is 12.4. The number of nitrogens with one attached hydrogen (secondary N) is 2. The van der Waals surface area contributed by atoms with Crippen LogP contribution in [-0.2, 0) is 9.59 Å². The number of anilines is 2. The molecule has 1 heterocycles. The van der Waals surface area contributed by atoms with E-state index >= 15 is 0 Å². The van der Waals surface area contributed by atoms with E-state index in [1.165, 1.54) is 11.8 Å². The first-order valence-corrected chi connectivity index (χ1v) is 8.59. The number of amides is 2. The van der Waals surface area contributed by atoms with Gasteiger partial charge in [0, 0.05) is 15.6 Å². The normalized spacial score (nSPS) is 15.4. The lowest BCUT2D eigenvalue weighted by Gasteiger charge is -2.19. The quantitative estimate of drug-likeness (QED) is 0.739. The molecule has 3 rings (SSSR count). The molecule has 0 spiro atoms. The van der Waals surface area contributed by atoms with Gasteiger partial charge in [0.15, 0.2) is 0 Å². The van der Waals surface area contributed by atoms with Crippen LogP contribution in [0.15, 0.2) is 57.3 Å². The van der Waals surface area contributed by atoms with Gasteiger partial charge in [0.1, 0.15) is 9.94 Å². The van der Waals surface area contributed by atoms with Crippen LogP contribution >= 0.6 is 35.0 Å². The fraction of sp³-hybridized carbons (Fsp3) is 0.0588. The molecule has 1 aliphatic rings. The summed E-state index contributed by atoms with van der Waals surface area (Å²) in [5, 5.41) is 5.79. The van der Waals surface area contributed by atoms with E-state index in [4.69, 9.17) is 23.2 Å². The SMILES string of the molecule is Cc1c(Cl)cccc1NC(=O)C(Cl)=C1Sc2ccccc2NC1=O. The minimum atomic E-state index is -0.556. The van der Waals surface area contributed by atoms with Crippen LogP contribution in [0.4, 0.5) is 11.4 Å². The summed E-state index contributed by atoms with van der Waals surface area (Å²) >= 11 is 13.4. The lowest BCUT2D eigenvalue weighted by molar-refractivity contribution is -0.114. The van der Waals surface area contributed by atoms with Gasteiger partial charge < -0.3 is 10.6 Å². The third-order valence-electron chi connectivity index (χ3n) is 3.47. The van der Waals surface area contributed by atoms with Gasteiger partial charge in [0.25, 0.3) is 11.8 Å². The molecule has 7 heteroatoms. The number of fused-ring (bicyclic) bond motifs is 1. The molecule has 4 nitrogen and oxygen atoms in total. The van der Waals surface area contributed by atoms with Gasteiger partial charge in [-0.2, -0.15) is 0 Å². The molecule has 2 amide bonds. The van der Waals surface area contributed by atoms with Crippen molar-refractivity contribution in [2.24, 2.45) is 0 Å². The van der Waals surface area contributed by atoms with Crippen LogP contribution in [0.3, 0.4) is 0 Å².